The predicted octanol–water partition coefficient (Wildman–Crippen LogP) is 3.18. The molecular formula is C14H11N3O3S2. The zero-order valence-corrected chi connectivity index (χ0v) is 12.8. The van der Waals surface area contributed by atoms with Gasteiger partial charge >= 0.3 is 0 Å². The van der Waals surface area contributed by atoms with Crippen molar-refractivity contribution in [1.82, 2.24) is 5.32 Å². The summed E-state index contributed by atoms with van der Waals surface area (Å²) in [4.78, 5) is 22.8. The van der Waals surface area contributed by atoms with Crippen LogP contribution in [0.2, 0.25) is 0 Å². The van der Waals surface area contributed by atoms with Gasteiger partial charge in [-0.1, -0.05) is 12.1 Å². The molecule has 6 nitrogen and oxygen atoms in total. The molecule has 0 unspecified atom stereocenters. The van der Waals surface area contributed by atoms with Gasteiger partial charge in [-0.2, -0.15) is 0 Å². The lowest BCUT2D eigenvalue weighted by molar-refractivity contribution is -0.384. The Kier molecular flexibility index (Phi) is 5.34. The Morgan fingerprint density at radius 3 is 2.82 bits per heavy atom. The molecule has 0 aliphatic carbocycles. The number of benzene rings is 1. The largest absolute Gasteiger partial charge is 0.332 e. The molecule has 1 amide bonds. The number of non-ortho nitro benzene ring substituents is 1. The lowest BCUT2D eigenvalue weighted by atomic mass is 10.3. The van der Waals surface area contributed by atoms with Crippen LogP contribution in [0.25, 0.3) is 6.08 Å². The van der Waals surface area contributed by atoms with Gasteiger partial charge in [0.15, 0.2) is 5.11 Å². The summed E-state index contributed by atoms with van der Waals surface area (Å²) in [5, 5.41) is 17.9. The maximum absolute atomic E-state index is 11.7. The minimum Gasteiger partial charge on any atom is -0.332 e. The van der Waals surface area contributed by atoms with Gasteiger partial charge in [0.2, 0.25) is 5.91 Å². The summed E-state index contributed by atoms with van der Waals surface area (Å²) >= 11 is 6.50. The van der Waals surface area contributed by atoms with Gasteiger partial charge in [-0.15, -0.1) is 11.3 Å². The van der Waals surface area contributed by atoms with Gasteiger partial charge in [-0.05, 0) is 35.8 Å². The van der Waals surface area contributed by atoms with E-state index in [-0.39, 0.29) is 16.7 Å². The number of thiocarbonyl (C=S) groups is 1. The number of amides is 1. The van der Waals surface area contributed by atoms with Gasteiger partial charge in [0, 0.05) is 28.8 Å². The number of nitrogens with zero attached hydrogens (tertiary/aromatic N) is 1. The molecule has 1 aromatic carbocycles. The number of carbonyl (C=O) groups excluding carboxylic acids is 1. The molecule has 0 aliphatic heterocycles. The normalized spacial score (nSPS) is 10.4. The lowest BCUT2D eigenvalue weighted by Gasteiger charge is -2.07. The second-order valence-electron chi connectivity index (χ2n) is 4.10. The quantitative estimate of drug-likeness (QED) is 0.388. The third-order valence-corrected chi connectivity index (χ3v) is 3.54. The van der Waals surface area contributed by atoms with Gasteiger partial charge in [-0.25, -0.2) is 0 Å². The molecular weight excluding hydrogens is 322 g/mol. The standard InChI is InChI=1S/C14H11N3O3S2/c18-13(7-6-12-5-2-8-22-12)16-14(21)15-10-3-1-4-11(9-10)17(19)20/h1-9H,(H2,15,16,18,21)/b7-6+. The SMILES string of the molecule is O=C(/C=C/c1cccs1)NC(=S)Nc1cccc([N+](=O)[O-])c1. The average molecular weight is 333 g/mol. The monoisotopic (exact) mass is 333 g/mol. The Bertz CT molecular complexity index is 727. The van der Waals surface area contributed by atoms with E-state index in [4.69, 9.17) is 12.2 Å². The highest BCUT2D eigenvalue weighted by Gasteiger charge is 2.07. The van der Waals surface area contributed by atoms with Crippen molar-refractivity contribution < 1.29 is 9.72 Å². The molecule has 22 heavy (non-hydrogen) atoms. The van der Waals surface area contributed by atoms with Crippen LogP contribution in [0.4, 0.5) is 11.4 Å². The van der Waals surface area contributed by atoms with Crippen LogP contribution >= 0.6 is 23.6 Å². The average Bonchev–Trinajstić information content (AvgIpc) is 2.98. The van der Waals surface area contributed by atoms with E-state index >= 15 is 0 Å². The van der Waals surface area contributed by atoms with E-state index < -0.39 is 4.92 Å². The van der Waals surface area contributed by atoms with Crippen LogP contribution in [0.3, 0.4) is 0 Å². The zero-order valence-electron chi connectivity index (χ0n) is 11.2. The molecule has 0 spiro atoms. The van der Waals surface area contributed by atoms with Crippen LogP contribution in [0.1, 0.15) is 4.88 Å². The molecule has 0 aliphatic rings. The molecule has 1 aromatic heterocycles. The van der Waals surface area contributed by atoms with E-state index in [2.05, 4.69) is 10.6 Å². The Balaban J connectivity index is 1.91. The van der Waals surface area contributed by atoms with E-state index in [0.29, 0.717) is 5.69 Å². The number of thiophene rings is 1. The van der Waals surface area contributed by atoms with E-state index in [1.807, 2.05) is 17.5 Å². The Hall–Kier alpha value is -2.58. The first kappa shape index (κ1) is 15.8. The summed E-state index contributed by atoms with van der Waals surface area (Å²) < 4.78 is 0. The number of nitro groups is 1. The number of rotatable bonds is 4. The summed E-state index contributed by atoms with van der Waals surface area (Å²) in [5.74, 6) is -0.378. The smallest absolute Gasteiger partial charge is 0.271 e. The molecule has 1 heterocycles. The summed E-state index contributed by atoms with van der Waals surface area (Å²) in [5.41, 5.74) is 0.374. The number of hydrogen-bond donors (Lipinski definition) is 2. The zero-order chi connectivity index (χ0) is 15.9. The highest BCUT2D eigenvalue weighted by atomic mass is 32.1. The summed E-state index contributed by atoms with van der Waals surface area (Å²) in [6.07, 6.45) is 3.04. The number of nitrogens with one attached hydrogen (secondary N) is 2. The minimum absolute atomic E-state index is 0.0586. The highest BCUT2D eigenvalue weighted by Crippen LogP contribution is 2.16. The number of carbonyl (C=O) groups is 1. The van der Waals surface area contributed by atoms with E-state index in [1.54, 1.807) is 12.1 Å². The molecule has 0 bridgehead atoms. The van der Waals surface area contributed by atoms with Crippen molar-refractivity contribution in [3.05, 3.63) is 62.8 Å². The Morgan fingerprint density at radius 1 is 1.32 bits per heavy atom. The van der Waals surface area contributed by atoms with Crippen molar-refractivity contribution in [2.45, 2.75) is 0 Å². The number of anilines is 1. The van der Waals surface area contributed by atoms with Gasteiger partial charge in [0.1, 0.15) is 0 Å². The molecule has 0 atom stereocenters. The molecule has 2 N–H and O–H groups in total. The maximum atomic E-state index is 11.7. The molecule has 112 valence electrons. The molecule has 0 fully saturated rings. The van der Waals surface area contributed by atoms with Crippen molar-refractivity contribution >= 4 is 52.0 Å². The first-order valence-electron chi connectivity index (χ1n) is 6.12. The fraction of sp³-hybridized carbons (Fsp3) is 0. The van der Waals surface area contributed by atoms with Gasteiger partial charge in [0.05, 0.1) is 4.92 Å². The molecule has 2 rings (SSSR count). The Morgan fingerprint density at radius 2 is 2.14 bits per heavy atom. The van der Waals surface area contributed by atoms with Crippen molar-refractivity contribution in [3.63, 3.8) is 0 Å². The number of hydrogen-bond acceptors (Lipinski definition) is 5. The molecule has 8 heteroatoms. The van der Waals surface area contributed by atoms with Gasteiger partial charge < -0.3 is 5.32 Å². The Labute approximate surface area is 135 Å². The van der Waals surface area contributed by atoms with Crippen LogP contribution in [-0.4, -0.2) is 15.9 Å². The van der Waals surface area contributed by atoms with Crippen molar-refractivity contribution in [2.24, 2.45) is 0 Å². The maximum Gasteiger partial charge on any atom is 0.271 e. The first-order chi connectivity index (χ1) is 10.5. The van der Waals surface area contributed by atoms with Crippen molar-refractivity contribution in [2.75, 3.05) is 5.32 Å². The summed E-state index contributed by atoms with van der Waals surface area (Å²) in [6.45, 7) is 0. The van der Waals surface area contributed by atoms with Gasteiger partial charge in [0.25, 0.3) is 5.69 Å². The fourth-order valence-corrected chi connectivity index (χ4v) is 2.39. The van der Waals surface area contributed by atoms with Crippen LogP contribution in [-0.2, 0) is 4.79 Å². The third kappa shape index (κ3) is 4.76. The van der Waals surface area contributed by atoms with E-state index in [0.717, 1.165) is 4.88 Å². The second-order valence-corrected chi connectivity index (χ2v) is 5.49. The van der Waals surface area contributed by atoms with E-state index in [9.17, 15) is 14.9 Å². The summed E-state index contributed by atoms with van der Waals surface area (Å²) in [6, 6.07) is 9.62. The minimum atomic E-state index is -0.503. The van der Waals surface area contributed by atoms with Gasteiger partial charge in [-0.3, -0.25) is 20.2 Å². The first-order valence-corrected chi connectivity index (χ1v) is 7.41. The fourth-order valence-electron chi connectivity index (χ4n) is 1.56. The topological polar surface area (TPSA) is 84.3 Å². The molecule has 0 saturated heterocycles. The molecule has 0 saturated carbocycles. The van der Waals surface area contributed by atoms with Crippen LogP contribution in [0, 0.1) is 10.1 Å². The van der Waals surface area contributed by atoms with Crippen LogP contribution in [0.5, 0.6) is 0 Å². The summed E-state index contributed by atoms with van der Waals surface area (Å²) in [7, 11) is 0. The van der Waals surface area contributed by atoms with Crippen molar-refractivity contribution in [1.29, 1.82) is 0 Å². The highest BCUT2D eigenvalue weighted by molar-refractivity contribution is 7.80. The van der Waals surface area contributed by atoms with Crippen LogP contribution in [0.15, 0.2) is 47.9 Å². The molecule has 2 aromatic rings. The van der Waals surface area contributed by atoms with E-state index in [1.165, 1.54) is 35.6 Å². The predicted molar refractivity (Wildman–Crippen MR) is 90.8 cm³/mol. The lowest BCUT2D eigenvalue weighted by Crippen LogP contribution is -2.32. The van der Waals surface area contributed by atoms with Crippen molar-refractivity contribution in [3.8, 4) is 0 Å². The third-order valence-electron chi connectivity index (χ3n) is 2.49. The number of nitro benzene ring substituents is 1. The van der Waals surface area contributed by atoms with Crippen LogP contribution < -0.4 is 10.6 Å². The second kappa shape index (κ2) is 7.43. The molecule has 0 radical (unpaired) electrons.